The summed E-state index contributed by atoms with van der Waals surface area (Å²) < 4.78 is 36.6. The molecule has 0 fully saturated rings. The van der Waals surface area contributed by atoms with Crippen molar-refractivity contribution < 1.29 is 17.9 Å². The maximum Gasteiger partial charge on any atom is 0.347 e. The van der Waals surface area contributed by atoms with Gasteiger partial charge in [0.2, 0.25) is 5.89 Å². The van der Waals surface area contributed by atoms with Crippen LogP contribution in [-0.2, 0) is 12.3 Å². The maximum absolute atomic E-state index is 14.6. The summed E-state index contributed by atoms with van der Waals surface area (Å²) in [6.45, 7) is -0.850. The van der Waals surface area contributed by atoms with Crippen LogP contribution in [0.15, 0.2) is 65.7 Å². The van der Waals surface area contributed by atoms with Gasteiger partial charge in [-0.25, -0.2) is 9.97 Å². The summed E-state index contributed by atoms with van der Waals surface area (Å²) >= 11 is 0. The minimum atomic E-state index is -3.44. The minimum absolute atomic E-state index is 0.109. The first-order chi connectivity index (χ1) is 16.0. The maximum atomic E-state index is 14.6. The standard InChI is InChI=1S/C20H15F2N9O2/c21-20(22,16-5-1-2-9-31(16)32)11-25-19-18-15(6-8-24-19)33-17(27-18)10-13-14(4-3-7-23-13)30-12-26-28-29-30/h1-9,12H,10-11H2,(H,24,25). The van der Waals surface area contributed by atoms with Crippen molar-refractivity contribution in [3.8, 4) is 5.69 Å². The highest BCUT2D eigenvalue weighted by Crippen LogP contribution is 2.28. The van der Waals surface area contributed by atoms with E-state index in [2.05, 4.69) is 35.8 Å². The molecule has 0 aliphatic heterocycles. The van der Waals surface area contributed by atoms with E-state index < -0.39 is 18.2 Å². The van der Waals surface area contributed by atoms with Crippen LogP contribution in [0.5, 0.6) is 0 Å². The van der Waals surface area contributed by atoms with Crippen LogP contribution >= 0.6 is 0 Å². The van der Waals surface area contributed by atoms with E-state index in [1.807, 2.05) is 0 Å². The highest BCUT2D eigenvalue weighted by Gasteiger charge is 2.39. The molecule has 11 nitrogen and oxygen atoms in total. The number of hydrogen-bond acceptors (Lipinski definition) is 9. The molecule has 5 aromatic heterocycles. The fourth-order valence-electron chi connectivity index (χ4n) is 3.29. The van der Waals surface area contributed by atoms with Crippen molar-refractivity contribution in [1.82, 2.24) is 35.2 Å². The lowest BCUT2D eigenvalue weighted by Crippen LogP contribution is -2.40. The number of nitrogens with one attached hydrogen (secondary N) is 1. The molecule has 0 amide bonds. The number of aromatic nitrogens is 8. The van der Waals surface area contributed by atoms with Crippen molar-refractivity contribution in [1.29, 1.82) is 0 Å². The number of nitrogens with zero attached hydrogens (tertiary/aromatic N) is 8. The normalized spacial score (nSPS) is 11.7. The zero-order valence-electron chi connectivity index (χ0n) is 16.8. The van der Waals surface area contributed by atoms with Crippen LogP contribution in [0, 0.1) is 5.21 Å². The Morgan fingerprint density at radius 1 is 1.12 bits per heavy atom. The number of alkyl halides is 2. The predicted molar refractivity (Wildman–Crippen MR) is 109 cm³/mol. The van der Waals surface area contributed by atoms with E-state index in [0.29, 0.717) is 22.9 Å². The first-order valence-corrected chi connectivity index (χ1v) is 9.73. The summed E-state index contributed by atoms with van der Waals surface area (Å²) in [6.07, 6.45) is 5.71. The first-order valence-electron chi connectivity index (χ1n) is 9.73. The molecule has 5 heterocycles. The van der Waals surface area contributed by atoms with Crippen molar-refractivity contribution in [3.05, 3.63) is 83.8 Å². The van der Waals surface area contributed by atoms with Gasteiger partial charge in [-0.3, -0.25) is 4.98 Å². The number of fused-ring (bicyclic) bond motifs is 1. The number of oxazole rings is 1. The molecule has 13 heteroatoms. The van der Waals surface area contributed by atoms with E-state index in [9.17, 15) is 14.0 Å². The first kappa shape index (κ1) is 20.4. The van der Waals surface area contributed by atoms with Crippen LogP contribution in [0.25, 0.3) is 16.8 Å². The molecule has 1 N–H and O–H groups in total. The number of pyridine rings is 3. The van der Waals surface area contributed by atoms with Crippen LogP contribution < -0.4 is 10.0 Å². The molecule has 5 aromatic rings. The zero-order valence-corrected chi connectivity index (χ0v) is 16.8. The van der Waals surface area contributed by atoms with Crippen molar-refractivity contribution in [2.75, 3.05) is 11.9 Å². The lowest BCUT2D eigenvalue weighted by atomic mass is 10.2. The fraction of sp³-hybridized carbons (Fsp3) is 0.150. The monoisotopic (exact) mass is 451 g/mol. The molecule has 0 saturated heterocycles. The van der Waals surface area contributed by atoms with Crippen LogP contribution in [-0.4, -0.2) is 41.7 Å². The van der Waals surface area contributed by atoms with Gasteiger partial charge in [-0.05, 0) is 28.6 Å². The van der Waals surface area contributed by atoms with E-state index >= 15 is 0 Å². The minimum Gasteiger partial charge on any atom is -0.618 e. The third-order valence-corrected chi connectivity index (χ3v) is 4.81. The Morgan fingerprint density at radius 2 is 2.03 bits per heavy atom. The number of rotatable bonds is 7. The van der Waals surface area contributed by atoms with Gasteiger partial charge in [-0.1, -0.05) is 0 Å². The quantitative estimate of drug-likeness (QED) is 0.291. The second-order valence-electron chi connectivity index (χ2n) is 6.98. The zero-order chi connectivity index (χ0) is 22.8. The van der Waals surface area contributed by atoms with Crippen LogP contribution in [0.1, 0.15) is 17.3 Å². The van der Waals surface area contributed by atoms with E-state index in [1.54, 1.807) is 24.4 Å². The Balaban J connectivity index is 1.40. The van der Waals surface area contributed by atoms with E-state index in [4.69, 9.17) is 4.42 Å². The summed E-state index contributed by atoms with van der Waals surface area (Å²) in [6, 6.07) is 8.96. The second-order valence-corrected chi connectivity index (χ2v) is 6.98. The Morgan fingerprint density at radius 3 is 2.85 bits per heavy atom. The van der Waals surface area contributed by atoms with E-state index in [-0.39, 0.29) is 22.5 Å². The Labute approximate surface area is 184 Å². The largest absolute Gasteiger partial charge is 0.618 e. The molecule has 0 aliphatic rings. The molecular weight excluding hydrogens is 436 g/mol. The summed E-state index contributed by atoms with van der Waals surface area (Å²) in [4.78, 5) is 12.9. The topological polar surface area (TPSA) is 134 Å². The van der Waals surface area contributed by atoms with Crippen LogP contribution in [0.2, 0.25) is 0 Å². The predicted octanol–water partition coefficient (Wildman–Crippen LogP) is 2.02. The molecule has 5 rings (SSSR count). The third kappa shape index (κ3) is 4.03. The Bertz CT molecular complexity index is 1410. The summed E-state index contributed by atoms with van der Waals surface area (Å²) in [7, 11) is 0. The fourth-order valence-corrected chi connectivity index (χ4v) is 3.29. The molecule has 0 aliphatic carbocycles. The van der Waals surface area contributed by atoms with Gasteiger partial charge in [0.1, 0.15) is 6.33 Å². The molecule has 33 heavy (non-hydrogen) atoms. The number of anilines is 1. The van der Waals surface area contributed by atoms with Crippen LogP contribution in [0.4, 0.5) is 14.6 Å². The summed E-state index contributed by atoms with van der Waals surface area (Å²) in [5.74, 6) is -3.02. The molecular formula is C20H15F2N9O2. The molecule has 0 radical (unpaired) electrons. The molecule has 0 aromatic carbocycles. The molecule has 0 atom stereocenters. The van der Waals surface area contributed by atoms with Gasteiger partial charge < -0.3 is 14.9 Å². The SMILES string of the molecule is [O-][n+]1ccccc1C(F)(F)CNc1nccc2oc(Cc3ncccc3-n3cnnn3)nc12. The molecule has 0 bridgehead atoms. The van der Waals surface area contributed by atoms with Gasteiger partial charge in [0, 0.05) is 30.6 Å². The molecule has 0 unspecified atom stereocenters. The Hall–Kier alpha value is -4.55. The number of tetrazole rings is 1. The van der Waals surface area contributed by atoms with Crippen molar-refractivity contribution in [2.45, 2.75) is 12.3 Å². The highest BCUT2D eigenvalue weighted by molar-refractivity contribution is 5.84. The Kier molecular flexibility index (Phi) is 5.05. The van der Waals surface area contributed by atoms with Gasteiger partial charge >= 0.3 is 5.92 Å². The van der Waals surface area contributed by atoms with Crippen molar-refractivity contribution in [2.24, 2.45) is 0 Å². The second kappa shape index (κ2) is 8.18. The van der Waals surface area contributed by atoms with Crippen molar-refractivity contribution in [3.63, 3.8) is 0 Å². The highest BCUT2D eigenvalue weighted by atomic mass is 19.3. The number of halogens is 2. The molecule has 0 saturated carbocycles. The molecule has 0 spiro atoms. The van der Waals surface area contributed by atoms with Gasteiger partial charge in [0.05, 0.1) is 24.3 Å². The van der Waals surface area contributed by atoms with Gasteiger partial charge in [-0.15, -0.1) is 5.10 Å². The van der Waals surface area contributed by atoms with E-state index in [1.165, 1.54) is 29.3 Å². The summed E-state index contributed by atoms with van der Waals surface area (Å²) in [5.41, 5.74) is 1.23. The van der Waals surface area contributed by atoms with Gasteiger partial charge in [-0.2, -0.15) is 18.2 Å². The third-order valence-electron chi connectivity index (χ3n) is 4.81. The average molecular weight is 451 g/mol. The number of hydrogen-bond donors (Lipinski definition) is 1. The van der Waals surface area contributed by atoms with Crippen LogP contribution in [0.3, 0.4) is 0 Å². The lowest BCUT2D eigenvalue weighted by molar-refractivity contribution is -0.624. The smallest absolute Gasteiger partial charge is 0.347 e. The summed E-state index contributed by atoms with van der Waals surface area (Å²) in [5, 5.41) is 25.4. The molecule has 166 valence electrons. The average Bonchev–Trinajstić information content (AvgIpc) is 3.48. The van der Waals surface area contributed by atoms with Gasteiger partial charge in [0.15, 0.2) is 23.1 Å². The van der Waals surface area contributed by atoms with Crippen molar-refractivity contribution >= 4 is 16.9 Å². The van der Waals surface area contributed by atoms with Gasteiger partial charge in [0.25, 0.3) is 5.69 Å². The lowest BCUT2D eigenvalue weighted by Gasteiger charge is -2.16. The van der Waals surface area contributed by atoms with E-state index in [0.717, 1.165) is 12.3 Å².